The van der Waals surface area contributed by atoms with Crippen molar-refractivity contribution < 1.29 is 61.5 Å². The molecule has 2 rings (SSSR count). The molecule has 15 heteroatoms. The Labute approximate surface area is 177 Å². The van der Waals surface area contributed by atoms with Gasteiger partial charge < -0.3 is 0 Å². The first kappa shape index (κ1) is 27.5. The third kappa shape index (κ3) is 6.27. The summed E-state index contributed by atoms with van der Waals surface area (Å²) in [6.45, 7) is 0. The van der Waals surface area contributed by atoms with Crippen LogP contribution in [-0.4, -0.2) is 19.6 Å². The van der Waals surface area contributed by atoms with Gasteiger partial charge in [-0.15, -0.1) is 0 Å². The second-order valence-electron chi connectivity index (χ2n) is 5.37. The molecule has 0 heterocycles. The predicted octanol–water partition coefficient (Wildman–Crippen LogP) is 4.97. The van der Waals surface area contributed by atoms with Crippen LogP contribution in [0.3, 0.4) is 0 Å². The Morgan fingerprint density at radius 2 is 0.848 bits per heavy atom. The largest absolute Gasteiger partial charge is 0.289 e. The average Bonchev–Trinajstić information content (AvgIpc) is 2.76. The van der Waals surface area contributed by atoms with E-state index < -0.39 is 85.4 Å². The van der Waals surface area contributed by atoms with Crippen LogP contribution >= 0.6 is 0 Å². The van der Waals surface area contributed by atoms with Crippen molar-refractivity contribution in [2.75, 3.05) is 0 Å². The van der Waals surface area contributed by atoms with Crippen LogP contribution in [0.5, 0.6) is 0 Å². The fraction of sp³-hybridized carbons (Fsp3) is 0. The van der Waals surface area contributed by atoms with Gasteiger partial charge in [-0.25, -0.2) is 48.3 Å². The molecule has 0 saturated heterocycles. The number of allylic oxidation sites excluding steroid dienone is 1. The van der Waals surface area contributed by atoms with Crippen molar-refractivity contribution in [2.45, 2.75) is 0 Å². The molecule has 0 aliphatic heterocycles. The summed E-state index contributed by atoms with van der Waals surface area (Å²) in [6, 6.07) is 0. The molecule has 0 saturated carbocycles. The van der Waals surface area contributed by atoms with Crippen LogP contribution in [0.25, 0.3) is 12.2 Å². The van der Waals surface area contributed by atoms with Gasteiger partial charge in [0, 0.05) is 0 Å². The summed E-state index contributed by atoms with van der Waals surface area (Å²) in [4.78, 5) is 10.8. The van der Waals surface area contributed by atoms with Crippen LogP contribution in [0, 0.1) is 58.2 Å². The summed E-state index contributed by atoms with van der Waals surface area (Å²) in [7, 11) is -2.85. The van der Waals surface area contributed by atoms with Crippen LogP contribution < -0.4 is 0 Å². The second kappa shape index (κ2) is 11.4. The fourth-order valence-corrected chi connectivity index (χ4v) is 2.17. The number of rotatable bonds is 4. The molecular formula is C18H5F11O3S. The lowest BCUT2D eigenvalue weighted by Gasteiger charge is -2.03. The Bertz CT molecular complexity index is 1230. The van der Waals surface area contributed by atoms with E-state index >= 15 is 0 Å². The molecule has 0 unspecified atom stereocenters. The van der Waals surface area contributed by atoms with Gasteiger partial charge in [0.25, 0.3) is 0 Å². The standard InChI is InChI=1S/C10H3F5O3S.C8H2F6/c11-6-5(2-1-4(16)3-19(17)18)7(12)9(14)10(15)8(6)13;9-2-1-3-4(10)6(12)8(14)7(13)5(3)11/h1-3H;1-2H. The van der Waals surface area contributed by atoms with Crippen molar-refractivity contribution in [3.63, 3.8) is 0 Å². The number of ketones is 1. The molecule has 0 spiro atoms. The van der Waals surface area contributed by atoms with Crippen molar-refractivity contribution >= 4 is 33.6 Å². The lowest BCUT2D eigenvalue weighted by atomic mass is 10.1. The highest BCUT2D eigenvalue weighted by Gasteiger charge is 2.25. The van der Waals surface area contributed by atoms with Crippen LogP contribution in [-0.2, 0) is 15.1 Å². The minimum atomic E-state index is -2.85. The Hall–Kier alpha value is -3.49. The first-order chi connectivity index (χ1) is 15.3. The van der Waals surface area contributed by atoms with Gasteiger partial charge >= 0.3 is 0 Å². The molecule has 0 radical (unpaired) electrons. The molecule has 2 aromatic rings. The highest BCUT2D eigenvalue weighted by Crippen LogP contribution is 2.25. The minimum Gasteiger partial charge on any atom is -0.289 e. The zero-order chi connectivity index (χ0) is 25.6. The lowest BCUT2D eigenvalue weighted by Crippen LogP contribution is -2.04. The van der Waals surface area contributed by atoms with Crippen molar-refractivity contribution in [1.82, 2.24) is 0 Å². The molecular weight excluding hydrogens is 505 g/mol. The number of halogens is 11. The van der Waals surface area contributed by atoms with Gasteiger partial charge in [-0.05, 0) is 18.2 Å². The van der Waals surface area contributed by atoms with Crippen molar-refractivity contribution in [1.29, 1.82) is 0 Å². The average molecular weight is 510 g/mol. The van der Waals surface area contributed by atoms with Gasteiger partial charge in [-0.2, -0.15) is 8.42 Å². The Balaban J connectivity index is 0.000000346. The van der Waals surface area contributed by atoms with Crippen LogP contribution in [0.15, 0.2) is 12.4 Å². The molecule has 3 nitrogen and oxygen atoms in total. The van der Waals surface area contributed by atoms with E-state index in [0.717, 1.165) is 0 Å². The van der Waals surface area contributed by atoms with E-state index in [0.29, 0.717) is 12.2 Å². The minimum absolute atomic E-state index is 0.149. The van der Waals surface area contributed by atoms with Crippen LogP contribution in [0.2, 0.25) is 0 Å². The maximum atomic E-state index is 13.1. The van der Waals surface area contributed by atoms with E-state index in [1.165, 1.54) is 0 Å². The molecule has 33 heavy (non-hydrogen) atoms. The Kier molecular flexibility index (Phi) is 9.51. The van der Waals surface area contributed by atoms with Crippen LogP contribution in [0.4, 0.5) is 48.3 Å². The topological polar surface area (TPSA) is 51.2 Å². The smallest absolute Gasteiger partial charge is 0.218 e. The molecule has 178 valence electrons. The highest BCUT2D eigenvalue weighted by atomic mass is 32.2. The molecule has 0 N–H and O–H groups in total. The predicted molar refractivity (Wildman–Crippen MR) is 91.6 cm³/mol. The van der Waals surface area contributed by atoms with E-state index in [9.17, 15) is 61.5 Å². The maximum Gasteiger partial charge on any atom is 0.218 e. The highest BCUT2D eigenvalue weighted by molar-refractivity contribution is 7.73. The molecule has 0 atom stereocenters. The van der Waals surface area contributed by atoms with Crippen molar-refractivity contribution in [3.8, 4) is 0 Å². The summed E-state index contributed by atoms with van der Waals surface area (Å²) >= 11 is 0. The van der Waals surface area contributed by atoms with Gasteiger partial charge in [-0.1, -0.05) is 0 Å². The second-order valence-corrected chi connectivity index (χ2v) is 6.13. The maximum absolute atomic E-state index is 13.1. The molecule has 0 aliphatic rings. The molecule has 0 aliphatic carbocycles. The monoisotopic (exact) mass is 510 g/mol. The molecule has 0 fully saturated rings. The first-order valence-electron chi connectivity index (χ1n) is 7.70. The number of hydrogen-bond donors (Lipinski definition) is 0. The molecule has 2 aromatic carbocycles. The van der Waals surface area contributed by atoms with Gasteiger partial charge in [0.05, 0.1) is 17.5 Å². The third-order valence-electron chi connectivity index (χ3n) is 3.34. The van der Waals surface area contributed by atoms with E-state index in [1.807, 2.05) is 0 Å². The van der Waals surface area contributed by atoms with Crippen molar-refractivity contribution in [2.24, 2.45) is 0 Å². The Morgan fingerprint density at radius 3 is 1.15 bits per heavy atom. The molecule has 0 amide bonds. The van der Waals surface area contributed by atoms with E-state index in [-0.39, 0.29) is 17.8 Å². The number of carbonyl (C=O) groups excluding carboxylic acids is 1. The summed E-state index contributed by atoms with van der Waals surface area (Å²) < 4.78 is 159. The lowest BCUT2D eigenvalue weighted by molar-refractivity contribution is -0.108. The summed E-state index contributed by atoms with van der Waals surface area (Å²) in [5.74, 6) is -22.7. The van der Waals surface area contributed by atoms with E-state index in [2.05, 4.69) is 0 Å². The normalized spacial score (nSPS) is 11.0. The zero-order valence-electron chi connectivity index (χ0n) is 15.2. The number of carbonyl (C=O) groups is 1. The van der Waals surface area contributed by atoms with Crippen molar-refractivity contribution in [3.05, 3.63) is 81.7 Å². The summed E-state index contributed by atoms with van der Waals surface area (Å²) in [5.41, 5.74) is -2.64. The molecule has 0 aromatic heterocycles. The first-order valence-corrected chi connectivity index (χ1v) is 8.84. The number of benzene rings is 2. The van der Waals surface area contributed by atoms with Gasteiger partial charge in [0.1, 0.15) is 5.37 Å². The summed E-state index contributed by atoms with van der Waals surface area (Å²) in [5, 5.41) is 0.155. The van der Waals surface area contributed by atoms with Gasteiger partial charge in [0.15, 0.2) is 52.3 Å². The quantitative estimate of drug-likeness (QED) is 0.192. The SMILES string of the molecule is FC=Cc1c(F)c(F)c(F)c(F)c1F.O=C(C=Cc1c(F)c(F)c(F)c(F)c1F)C=S(=O)=O. The van der Waals surface area contributed by atoms with Crippen LogP contribution in [0.1, 0.15) is 11.1 Å². The Morgan fingerprint density at radius 1 is 0.545 bits per heavy atom. The van der Waals surface area contributed by atoms with E-state index in [1.54, 1.807) is 0 Å². The fourth-order valence-electron chi connectivity index (χ4n) is 1.90. The van der Waals surface area contributed by atoms with E-state index in [4.69, 9.17) is 0 Å². The zero-order valence-corrected chi connectivity index (χ0v) is 16.0. The van der Waals surface area contributed by atoms with Gasteiger partial charge in [0.2, 0.25) is 21.9 Å². The summed E-state index contributed by atoms with van der Waals surface area (Å²) in [6.07, 6.45) is 0.477. The van der Waals surface area contributed by atoms with Gasteiger partial charge in [-0.3, -0.25) is 4.79 Å². The number of hydrogen-bond acceptors (Lipinski definition) is 3. The molecule has 0 bridgehead atoms. The third-order valence-corrected chi connectivity index (χ3v) is 3.77.